The fraction of sp³-hybridized carbons (Fsp3) is 0.238. The number of urea groups is 1. The number of rotatable bonds is 4. The van der Waals surface area contributed by atoms with Crippen molar-refractivity contribution in [2.45, 2.75) is 6.92 Å². The van der Waals surface area contributed by atoms with Crippen LogP contribution in [0.3, 0.4) is 0 Å². The summed E-state index contributed by atoms with van der Waals surface area (Å²) in [6.07, 6.45) is 3.29. The minimum atomic E-state index is -0.118. The van der Waals surface area contributed by atoms with Gasteiger partial charge < -0.3 is 20.4 Å². The minimum absolute atomic E-state index is 0.118. The van der Waals surface area contributed by atoms with Crippen molar-refractivity contribution in [3.8, 4) is 0 Å². The van der Waals surface area contributed by atoms with Gasteiger partial charge in [0.05, 0.1) is 0 Å². The van der Waals surface area contributed by atoms with Crippen LogP contribution in [0.25, 0.3) is 0 Å². The maximum Gasteiger partial charge on any atom is 0.321 e. The summed E-state index contributed by atoms with van der Waals surface area (Å²) in [4.78, 5) is 29.4. The SMILES string of the molecule is Cc1ccnc(Nc2cc(N3CCN(C(=O)Nc4ccc(Cl)cc4)CC3)ncn2)c1. The number of hydrogen-bond donors (Lipinski definition) is 2. The number of anilines is 4. The molecule has 0 radical (unpaired) electrons. The maximum atomic E-state index is 12.5. The van der Waals surface area contributed by atoms with Crippen LogP contribution >= 0.6 is 11.6 Å². The van der Waals surface area contributed by atoms with Gasteiger partial charge in [-0.15, -0.1) is 0 Å². The predicted molar refractivity (Wildman–Crippen MR) is 119 cm³/mol. The van der Waals surface area contributed by atoms with Crippen molar-refractivity contribution in [2.24, 2.45) is 0 Å². The van der Waals surface area contributed by atoms with Gasteiger partial charge in [-0.25, -0.2) is 19.7 Å². The van der Waals surface area contributed by atoms with Crippen molar-refractivity contribution in [3.63, 3.8) is 0 Å². The van der Waals surface area contributed by atoms with Crippen molar-refractivity contribution in [1.82, 2.24) is 19.9 Å². The summed E-state index contributed by atoms with van der Waals surface area (Å²) in [7, 11) is 0. The molecule has 1 aromatic carbocycles. The van der Waals surface area contributed by atoms with Crippen LogP contribution in [0, 0.1) is 6.92 Å². The molecule has 0 aliphatic carbocycles. The van der Waals surface area contributed by atoms with Gasteiger partial charge in [0.1, 0.15) is 23.8 Å². The van der Waals surface area contributed by atoms with Crippen molar-refractivity contribution in [3.05, 3.63) is 65.6 Å². The largest absolute Gasteiger partial charge is 0.353 e. The normalized spacial score (nSPS) is 13.8. The Morgan fingerprint density at radius 1 is 0.967 bits per heavy atom. The minimum Gasteiger partial charge on any atom is -0.353 e. The third kappa shape index (κ3) is 4.96. The van der Waals surface area contributed by atoms with E-state index in [4.69, 9.17) is 11.6 Å². The first kappa shape index (κ1) is 19.9. The zero-order chi connectivity index (χ0) is 20.9. The Hall–Kier alpha value is -3.39. The Balaban J connectivity index is 1.34. The Kier molecular flexibility index (Phi) is 5.94. The standard InChI is InChI=1S/C21H22ClN7O/c1-15-6-7-23-18(12-15)27-19-13-20(25-14-24-19)28-8-10-29(11-9-28)21(30)26-17-4-2-16(22)3-5-17/h2-7,12-14H,8-11H2,1H3,(H,26,30)(H,23,24,25,27). The summed E-state index contributed by atoms with van der Waals surface area (Å²) in [5.74, 6) is 2.24. The fourth-order valence-corrected chi connectivity index (χ4v) is 3.32. The van der Waals surface area contributed by atoms with E-state index in [1.165, 1.54) is 6.33 Å². The lowest BCUT2D eigenvalue weighted by molar-refractivity contribution is 0.208. The van der Waals surface area contributed by atoms with Crippen LogP contribution in [-0.4, -0.2) is 52.1 Å². The quantitative estimate of drug-likeness (QED) is 0.661. The van der Waals surface area contributed by atoms with Gasteiger partial charge in [0.15, 0.2) is 0 Å². The van der Waals surface area contributed by atoms with E-state index in [-0.39, 0.29) is 6.03 Å². The van der Waals surface area contributed by atoms with E-state index in [9.17, 15) is 4.79 Å². The second kappa shape index (κ2) is 8.96. The Labute approximate surface area is 179 Å². The highest BCUT2D eigenvalue weighted by atomic mass is 35.5. The molecule has 0 bridgehead atoms. The lowest BCUT2D eigenvalue weighted by Gasteiger charge is -2.35. The zero-order valence-electron chi connectivity index (χ0n) is 16.5. The highest BCUT2D eigenvalue weighted by molar-refractivity contribution is 6.30. The molecule has 8 nitrogen and oxygen atoms in total. The highest BCUT2D eigenvalue weighted by Crippen LogP contribution is 2.20. The van der Waals surface area contributed by atoms with Crippen LogP contribution < -0.4 is 15.5 Å². The number of pyridine rings is 1. The first-order valence-electron chi connectivity index (χ1n) is 9.65. The molecule has 9 heteroatoms. The number of piperazine rings is 1. The van der Waals surface area contributed by atoms with Crippen LogP contribution in [0.2, 0.25) is 5.02 Å². The molecule has 0 atom stereocenters. The predicted octanol–water partition coefficient (Wildman–Crippen LogP) is 3.93. The average Bonchev–Trinajstić information content (AvgIpc) is 2.76. The van der Waals surface area contributed by atoms with Crippen LogP contribution in [0.15, 0.2) is 55.0 Å². The van der Waals surface area contributed by atoms with Gasteiger partial charge in [-0.05, 0) is 48.9 Å². The highest BCUT2D eigenvalue weighted by Gasteiger charge is 2.22. The summed E-state index contributed by atoms with van der Waals surface area (Å²) >= 11 is 5.89. The second-order valence-corrected chi connectivity index (χ2v) is 7.45. The molecule has 3 heterocycles. The fourth-order valence-electron chi connectivity index (χ4n) is 3.20. The topological polar surface area (TPSA) is 86.3 Å². The summed E-state index contributed by atoms with van der Waals surface area (Å²) in [5.41, 5.74) is 1.85. The Bertz CT molecular complexity index is 1020. The molecule has 3 aromatic rings. The molecule has 4 rings (SSSR count). The second-order valence-electron chi connectivity index (χ2n) is 7.02. The zero-order valence-corrected chi connectivity index (χ0v) is 17.3. The van der Waals surface area contributed by atoms with E-state index in [0.29, 0.717) is 37.0 Å². The molecule has 0 unspecified atom stereocenters. The number of halogens is 1. The lowest BCUT2D eigenvalue weighted by atomic mass is 10.3. The number of nitrogens with zero attached hydrogens (tertiary/aromatic N) is 5. The third-order valence-electron chi connectivity index (χ3n) is 4.81. The average molecular weight is 424 g/mol. The van der Waals surface area contributed by atoms with Crippen molar-refractivity contribution >= 4 is 40.8 Å². The number of carbonyl (C=O) groups excluding carboxylic acids is 1. The number of hydrogen-bond acceptors (Lipinski definition) is 6. The van der Waals surface area contributed by atoms with Crippen LogP contribution in [0.5, 0.6) is 0 Å². The van der Waals surface area contributed by atoms with Crippen molar-refractivity contribution in [2.75, 3.05) is 41.7 Å². The number of amides is 2. The number of nitrogens with one attached hydrogen (secondary N) is 2. The number of benzene rings is 1. The molecule has 1 aliphatic rings. The maximum absolute atomic E-state index is 12.5. The van der Waals surface area contributed by atoms with E-state index < -0.39 is 0 Å². The van der Waals surface area contributed by atoms with E-state index in [2.05, 4.69) is 30.5 Å². The Morgan fingerprint density at radius 3 is 2.43 bits per heavy atom. The molecule has 2 N–H and O–H groups in total. The first-order chi connectivity index (χ1) is 14.6. The molecule has 1 saturated heterocycles. The molecule has 0 spiro atoms. The number of carbonyl (C=O) groups is 1. The van der Waals surface area contributed by atoms with Gasteiger partial charge >= 0.3 is 6.03 Å². The summed E-state index contributed by atoms with van der Waals surface area (Å²) in [5, 5.41) is 6.75. The number of aromatic nitrogens is 3. The molecule has 30 heavy (non-hydrogen) atoms. The lowest BCUT2D eigenvalue weighted by Crippen LogP contribution is -2.50. The summed E-state index contributed by atoms with van der Waals surface area (Å²) in [6.45, 7) is 4.60. The van der Waals surface area contributed by atoms with Gasteiger partial charge in [0.2, 0.25) is 0 Å². The molecule has 1 fully saturated rings. The van der Waals surface area contributed by atoms with Crippen molar-refractivity contribution < 1.29 is 4.79 Å². The molecule has 2 aromatic heterocycles. The monoisotopic (exact) mass is 423 g/mol. The molecular weight excluding hydrogens is 402 g/mol. The molecule has 2 amide bonds. The van der Waals surface area contributed by atoms with Crippen LogP contribution in [0.1, 0.15) is 5.56 Å². The van der Waals surface area contributed by atoms with Gasteiger partial charge in [0.25, 0.3) is 0 Å². The van der Waals surface area contributed by atoms with Gasteiger partial charge in [-0.1, -0.05) is 11.6 Å². The molecular formula is C21H22ClN7O. The molecule has 154 valence electrons. The summed E-state index contributed by atoms with van der Waals surface area (Å²) in [6, 6.07) is 12.8. The molecule has 0 saturated carbocycles. The van der Waals surface area contributed by atoms with Crippen molar-refractivity contribution in [1.29, 1.82) is 0 Å². The van der Waals surface area contributed by atoms with E-state index >= 15 is 0 Å². The van der Waals surface area contributed by atoms with E-state index in [1.807, 2.05) is 25.1 Å². The van der Waals surface area contributed by atoms with E-state index in [1.54, 1.807) is 35.4 Å². The smallest absolute Gasteiger partial charge is 0.321 e. The van der Waals surface area contributed by atoms with Gasteiger partial charge in [-0.2, -0.15) is 0 Å². The van der Waals surface area contributed by atoms with Crippen LogP contribution in [0.4, 0.5) is 27.9 Å². The summed E-state index contributed by atoms with van der Waals surface area (Å²) < 4.78 is 0. The van der Waals surface area contributed by atoms with Gasteiger partial charge in [0, 0.05) is 49.2 Å². The van der Waals surface area contributed by atoms with Gasteiger partial charge in [-0.3, -0.25) is 0 Å². The van der Waals surface area contributed by atoms with Crippen LogP contribution in [-0.2, 0) is 0 Å². The van der Waals surface area contributed by atoms with E-state index in [0.717, 1.165) is 22.9 Å². The third-order valence-corrected chi connectivity index (χ3v) is 5.06. The number of aryl methyl sites for hydroxylation is 1. The Morgan fingerprint density at radius 2 is 1.70 bits per heavy atom. The first-order valence-corrected chi connectivity index (χ1v) is 10.0. The molecule has 1 aliphatic heterocycles.